The average molecular weight is 550 g/mol. The summed E-state index contributed by atoms with van der Waals surface area (Å²) >= 11 is 1.74. The summed E-state index contributed by atoms with van der Waals surface area (Å²) in [5, 5.41) is 11.6. The second-order valence-electron chi connectivity index (χ2n) is 8.21. The van der Waals surface area contributed by atoms with Gasteiger partial charge in [0, 0.05) is 87.9 Å². The number of hydrogen-bond acceptors (Lipinski definition) is 7. The van der Waals surface area contributed by atoms with Gasteiger partial charge >= 0.3 is 0 Å². The van der Waals surface area contributed by atoms with Crippen molar-refractivity contribution in [3.63, 3.8) is 0 Å². The van der Waals surface area contributed by atoms with Crippen molar-refractivity contribution in [1.29, 1.82) is 0 Å². The van der Waals surface area contributed by atoms with Crippen molar-refractivity contribution < 1.29 is 13.0 Å². The number of nitrogens with two attached hydrogens (primary N) is 1. The average Bonchev–Trinajstić information content (AvgIpc) is 3.27. The summed E-state index contributed by atoms with van der Waals surface area (Å²) in [6.07, 6.45) is 1.60. The SMILES string of the molecule is Nc1c(N=Nc2ccc(-c3cccc4c3sc3ccccc34)nc2)cc(S(=O)(=O)O)c2ccccc12.[K]. The topological polar surface area (TPSA) is 118 Å². The van der Waals surface area contributed by atoms with E-state index in [0.29, 0.717) is 16.5 Å². The molecule has 0 saturated carbocycles. The molecular weight excluding hydrogens is 532 g/mol. The number of fused-ring (bicyclic) bond motifs is 4. The zero-order chi connectivity index (χ0) is 24.9. The number of aromatic nitrogens is 1. The summed E-state index contributed by atoms with van der Waals surface area (Å²) < 4.78 is 36.0. The van der Waals surface area contributed by atoms with Gasteiger partial charge in [-0.2, -0.15) is 8.42 Å². The summed E-state index contributed by atoms with van der Waals surface area (Å²) in [4.78, 5) is 4.32. The Bertz CT molecular complexity index is 1940. The molecule has 3 N–H and O–H groups in total. The molecule has 0 aliphatic heterocycles. The van der Waals surface area contributed by atoms with Gasteiger partial charge in [0.05, 0.1) is 17.6 Å². The fourth-order valence-electron chi connectivity index (χ4n) is 4.31. The molecule has 0 unspecified atom stereocenters. The molecule has 0 bridgehead atoms. The van der Waals surface area contributed by atoms with Gasteiger partial charge < -0.3 is 5.73 Å². The van der Waals surface area contributed by atoms with E-state index in [1.807, 2.05) is 30.3 Å². The minimum Gasteiger partial charge on any atom is -0.396 e. The Morgan fingerprint density at radius 2 is 1.51 bits per heavy atom. The number of anilines is 1. The first-order valence-corrected chi connectivity index (χ1v) is 13.2. The number of nitrogen functional groups attached to an aromatic ring is 1. The van der Waals surface area contributed by atoms with E-state index < -0.39 is 10.1 Å². The van der Waals surface area contributed by atoms with Crippen molar-refractivity contribution >= 4 is 121 Å². The Morgan fingerprint density at radius 3 is 2.24 bits per heavy atom. The molecule has 1 radical (unpaired) electrons. The molecule has 6 aromatic rings. The first kappa shape index (κ1) is 26.1. The molecule has 0 aliphatic rings. The molecule has 2 heterocycles. The minimum absolute atomic E-state index is 0. The first-order valence-electron chi connectivity index (χ1n) is 11.0. The molecule has 0 aliphatic carbocycles. The van der Waals surface area contributed by atoms with E-state index in [4.69, 9.17) is 5.73 Å². The maximum Gasteiger partial charge on any atom is 0.295 e. The van der Waals surface area contributed by atoms with E-state index in [0.717, 1.165) is 11.3 Å². The first-order chi connectivity index (χ1) is 17.4. The number of nitrogens with zero attached hydrogens (tertiary/aromatic N) is 3. The number of hydrogen-bond donors (Lipinski definition) is 2. The predicted octanol–water partition coefficient (Wildman–Crippen LogP) is 7.13. The molecular formula is C27H18KN4O3S2. The third-order valence-corrected chi connectivity index (χ3v) is 8.12. The van der Waals surface area contributed by atoms with Crippen LogP contribution in [0.4, 0.5) is 17.1 Å². The normalized spacial score (nSPS) is 11.9. The second-order valence-corrected chi connectivity index (χ2v) is 10.7. The van der Waals surface area contributed by atoms with Gasteiger partial charge in [0.25, 0.3) is 10.1 Å². The Kier molecular flexibility index (Phi) is 7.27. The van der Waals surface area contributed by atoms with E-state index in [1.54, 1.807) is 47.9 Å². The van der Waals surface area contributed by atoms with Gasteiger partial charge in [0.2, 0.25) is 0 Å². The maximum absolute atomic E-state index is 11.9. The van der Waals surface area contributed by atoms with Gasteiger partial charge in [0.15, 0.2) is 0 Å². The van der Waals surface area contributed by atoms with E-state index >= 15 is 0 Å². The number of thiophene rings is 1. The third kappa shape index (κ3) is 4.87. The van der Waals surface area contributed by atoms with Crippen LogP contribution in [0.3, 0.4) is 0 Å². The van der Waals surface area contributed by atoms with Gasteiger partial charge in [-0.3, -0.25) is 9.54 Å². The monoisotopic (exact) mass is 549 g/mol. The van der Waals surface area contributed by atoms with Crippen molar-refractivity contribution in [3.8, 4) is 11.3 Å². The summed E-state index contributed by atoms with van der Waals surface area (Å²) in [5.74, 6) is 0. The van der Waals surface area contributed by atoms with Gasteiger partial charge in [-0.05, 0) is 24.3 Å². The minimum atomic E-state index is -4.48. The fourth-order valence-corrected chi connectivity index (χ4v) is 6.25. The van der Waals surface area contributed by atoms with Crippen molar-refractivity contribution in [1.82, 2.24) is 4.98 Å². The van der Waals surface area contributed by atoms with Crippen LogP contribution >= 0.6 is 11.3 Å². The molecule has 2 aromatic heterocycles. The summed E-state index contributed by atoms with van der Waals surface area (Å²) in [5.41, 5.74) is 8.96. The van der Waals surface area contributed by atoms with E-state index in [1.165, 1.54) is 26.2 Å². The van der Waals surface area contributed by atoms with Gasteiger partial charge in [-0.15, -0.1) is 21.6 Å². The van der Waals surface area contributed by atoms with Crippen LogP contribution in [0.15, 0.2) is 106 Å². The quantitative estimate of drug-likeness (QED) is 0.105. The number of pyridine rings is 1. The molecule has 10 heteroatoms. The molecule has 0 atom stereocenters. The van der Waals surface area contributed by atoms with Crippen LogP contribution in [0.1, 0.15) is 0 Å². The zero-order valence-electron chi connectivity index (χ0n) is 19.7. The van der Waals surface area contributed by atoms with Crippen molar-refractivity contribution in [2.75, 3.05) is 5.73 Å². The molecule has 0 spiro atoms. The molecule has 0 fully saturated rings. The summed E-state index contributed by atoms with van der Waals surface area (Å²) in [6, 6.07) is 26.1. The van der Waals surface area contributed by atoms with Gasteiger partial charge in [-0.25, -0.2) is 0 Å². The number of azo groups is 1. The molecule has 7 nitrogen and oxygen atoms in total. The molecule has 4 aromatic carbocycles. The van der Waals surface area contributed by atoms with Crippen LogP contribution in [0.2, 0.25) is 0 Å². The van der Waals surface area contributed by atoms with E-state index in [2.05, 4.69) is 33.4 Å². The number of benzene rings is 4. The van der Waals surface area contributed by atoms with Crippen LogP contribution in [0.5, 0.6) is 0 Å². The van der Waals surface area contributed by atoms with Crippen molar-refractivity contribution in [3.05, 3.63) is 91.1 Å². The Balaban J connectivity index is 0.00000280. The van der Waals surface area contributed by atoms with Crippen LogP contribution in [-0.2, 0) is 10.1 Å². The zero-order valence-corrected chi connectivity index (χ0v) is 24.4. The Labute approximate surface area is 259 Å². The standard InChI is InChI=1S/C27H18N4O3S2.K/c28-26-19-8-2-1-7-18(19)25(36(32,33)34)14-23(26)31-30-16-12-13-22(29-15-16)21-10-5-9-20-17-6-3-4-11-24(17)35-27(20)21;/h1-15H,28H2,(H,32,33,34);. The molecule has 37 heavy (non-hydrogen) atoms. The van der Waals surface area contributed by atoms with Crippen molar-refractivity contribution in [2.45, 2.75) is 4.90 Å². The fraction of sp³-hybridized carbons (Fsp3) is 0. The third-order valence-electron chi connectivity index (χ3n) is 6.01. The molecule has 177 valence electrons. The number of rotatable bonds is 4. The van der Waals surface area contributed by atoms with Gasteiger partial charge in [0.1, 0.15) is 16.3 Å². The summed E-state index contributed by atoms with van der Waals surface area (Å²) in [7, 11) is -4.48. The van der Waals surface area contributed by atoms with Crippen LogP contribution in [0, 0.1) is 0 Å². The van der Waals surface area contributed by atoms with Crippen molar-refractivity contribution in [2.24, 2.45) is 10.2 Å². The molecule has 6 rings (SSSR count). The Hall–Kier alpha value is -2.54. The smallest absolute Gasteiger partial charge is 0.295 e. The summed E-state index contributed by atoms with van der Waals surface area (Å²) in [6.45, 7) is 0. The van der Waals surface area contributed by atoms with Crippen LogP contribution in [0.25, 0.3) is 42.2 Å². The molecule has 0 saturated heterocycles. The van der Waals surface area contributed by atoms with Crippen LogP contribution < -0.4 is 5.73 Å². The van der Waals surface area contributed by atoms with E-state index in [-0.39, 0.29) is 67.7 Å². The van der Waals surface area contributed by atoms with Gasteiger partial charge in [-0.1, -0.05) is 60.7 Å². The predicted molar refractivity (Wildman–Crippen MR) is 151 cm³/mol. The van der Waals surface area contributed by atoms with E-state index in [9.17, 15) is 13.0 Å². The second kappa shape index (κ2) is 10.3. The molecule has 0 amide bonds. The Morgan fingerprint density at radius 1 is 0.811 bits per heavy atom. The maximum atomic E-state index is 11.9. The van der Waals surface area contributed by atoms with Crippen LogP contribution in [-0.4, -0.2) is 69.3 Å². The largest absolute Gasteiger partial charge is 0.396 e.